The van der Waals surface area contributed by atoms with Gasteiger partial charge >= 0.3 is 12.0 Å². The number of likely N-dealkylation sites (tertiary alicyclic amines) is 1. The molecule has 2 amide bonds. The van der Waals surface area contributed by atoms with Crippen molar-refractivity contribution in [1.82, 2.24) is 10.2 Å². The van der Waals surface area contributed by atoms with Crippen LogP contribution in [0.15, 0.2) is 0 Å². The van der Waals surface area contributed by atoms with Gasteiger partial charge in [0, 0.05) is 13.7 Å². The van der Waals surface area contributed by atoms with Crippen molar-refractivity contribution in [3.63, 3.8) is 0 Å². The number of methoxy groups -OCH3 is 1. The summed E-state index contributed by atoms with van der Waals surface area (Å²) in [6.07, 6.45) is 1.36. The highest BCUT2D eigenvalue weighted by Gasteiger charge is 2.34. The van der Waals surface area contributed by atoms with Crippen LogP contribution in [-0.2, 0) is 9.53 Å². The first-order chi connectivity index (χ1) is 8.45. The van der Waals surface area contributed by atoms with Gasteiger partial charge in [-0.05, 0) is 25.7 Å². The van der Waals surface area contributed by atoms with E-state index in [2.05, 4.69) is 5.32 Å². The molecule has 1 fully saturated rings. The molecule has 0 bridgehead atoms. The average Bonchev–Trinajstić information content (AvgIpc) is 2.28. The van der Waals surface area contributed by atoms with Gasteiger partial charge in [-0.2, -0.15) is 0 Å². The maximum Gasteiger partial charge on any atom is 0.326 e. The molecule has 0 aromatic heterocycles. The first-order valence-corrected chi connectivity index (χ1v) is 6.24. The molecular weight excluding hydrogens is 236 g/mol. The Morgan fingerprint density at radius 2 is 2.22 bits per heavy atom. The van der Waals surface area contributed by atoms with Crippen molar-refractivity contribution in [2.24, 2.45) is 5.92 Å². The third kappa shape index (κ3) is 3.87. The van der Waals surface area contributed by atoms with Gasteiger partial charge in [-0.1, -0.05) is 6.92 Å². The number of piperidine rings is 1. The fourth-order valence-electron chi connectivity index (χ4n) is 2.20. The van der Waals surface area contributed by atoms with E-state index in [0.29, 0.717) is 25.5 Å². The Kier molecular flexibility index (Phi) is 5.40. The summed E-state index contributed by atoms with van der Waals surface area (Å²) in [5.41, 5.74) is 0. The monoisotopic (exact) mass is 258 g/mol. The van der Waals surface area contributed by atoms with Gasteiger partial charge in [0.25, 0.3) is 0 Å². The van der Waals surface area contributed by atoms with Crippen molar-refractivity contribution >= 4 is 12.0 Å². The van der Waals surface area contributed by atoms with Crippen molar-refractivity contribution in [3.05, 3.63) is 0 Å². The number of urea groups is 1. The summed E-state index contributed by atoms with van der Waals surface area (Å²) >= 11 is 0. The molecule has 1 saturated heterocycles. The molecule has 0 aliphatic carbocycles. The molecule has 1 aliphatic rings. The topological polar surface area (TPSA) is 78.9 Å². The fraction of sp³-hybridized carbons (Fsp3) is 0.833. The van der Waals surface area contributed by atoms with Crippen LogP contribution >= 0.6 is 0 Å². The Morgan fingerprint density at radius 1 is 1.56 bits per heavy atom. The Bertz CT molecular complexity index is 308. The van der Waals surface area contributed by atoms with Crippen LogP contribution in [0.1, 0.15) is 26.7 Å². The molecule has 3 atom stereocenters. The highest BCUT2D eigenvalue weighted by atomic mass is 16.5. The first kappa shape index (κ1) is 14.8. The number of carbonyl (C=O) groups excluding carboxylic acids is 1. The molecule has 18 heavy (non-hydrogen) atoms. The summed E-state index contributed by atoms with van der Waals surface area (Å²) in [6.45, 7) is 4.74. The van der Waals surface area contributed by atoms with Gasteiger partial charge in [0.15, 0.2) is 0 Å². The quantitative estimate of drug-likeness (QED) is 0.785. The van der Waals surface area contributed by atoms with Crippen LogP contribution in [0.5, 0.6) is 0 Å². The summed E-state index contributed by atoms with van der Waals surface area (Å²) < 4.78 is 4.93. The lowest BCUT2D eigenvalue weighted by molar-refractivity contribution is -0.143. The van der Waals surface area contributed by atoms with Gasteiger partial charge < -0.3 is 20.1 Å². The van der Waals surface area contributed by atoms with Crippen LogP contribution in [0.4, 0.5) is 4.79 Å². The second-order valence-corrected chi connectivity index (χ2v) is 4.98. The normalized spacial score (nSPS) is 25.6. The second-order valence-electron chi connectivity index (χ2n) is 4.98. The lowest BCUT2D eigenvalue weighted by atomic mass is 9.93. The summed E-state index contributed by atoms with van der Waals surface area (Å²) in [4.78, 5) is 24.6. The van der Waals surface area contributed by atoms with Crippen molar-refractivity contribution in [2.75, 3.05) is 20.3 Å². The lowest BCUT2D eigenvalue weighted by Crippen LogP contribution is -2.55. The van der Waals surface area contributed by atoms with E-state index < -0.39 is 12.0 Å². The number of carbonyl (C=O) groups is 2. The van der Waals surface area contributed by atoms with Crippen molar-refractivity contribution < 1.29 is 19.4 Å². The summed E-state index contributed by atoms with van der Waals surface area (Å²) in [7, 11) is 1.56. The molecule has 0 radical (unpaired) electrons. The maximum atomic E-state index is 12.0. The zero-order valence-corrected chi connectivity index (χ0v) is 11.2. The van der Waals surface area contributed by atoms with Gasteiger partial charge in [0.05, 0.1) is 12.6 Å². The van der Waals surface area contributed by atoms with E-state index in [9.17, 15) is 9.59 Å². The van der Waals surface area contributed by atoms with Crippen molar-refractivity contribution in [3.8, 4) is 0 Å². The number of amides is 2. The van der Waals surface area contributed by atoms with E-state index in [1.54, 1.807) is 7.11 Å². The number of carboxylic acids is 1. The van der Waals surface area contributed by atoms with Gasteiger partial charge in [0.2, 0.25) is 0 Å². The second kappa shape index (κ2) is 6.58. The predicted molar refractivity (Wildman–Crippen MR) is 66.4 cm³/mol. The minimum absolute atomic E-state index is 0.128. The molecule has 1 aliphatic heterocycles. The van der Waals surface area contributed by atoms with Crippen LogP contribution in [-0.4, -0.2) is 54.4 Å². The minimum atomic E-state index is -0.934. The standard InChI is InChI=1S/C12H22N2O4/c1-8-4-5-14(10(6-8)11(15)16)12(17)13-9(2)7-18-3/h8-10H,4-7H2,1-3H3,(H,13,17)(H,15,16). The minimum Gasteiger partial charge on any atom is -0.480 e. The van der Waals surface area contributed by atoms with Crippen LogP contribution in [0.25, 0.3) is 0 Å². The van der Waals surface area contributed by atoms with Gasteiger partial charge in [0.1, 0.15) is 6.04 Å². The third-order valence-electron chi connectivity index (χ3n) is 3.20. The Hall–Kier alpha value is -1.30. The number of aliphatic carboxylic acids is 1. The van der Waals surface area contributed by atoms with Gasteiger partial charge in [-0.15, -0.1) is 0 Å². The molecule has 0 saturated carbocycles. The number of rotatable bonds is 4. The summed E-state index contributed by atoms with van der Waals surface area (Å²) in [5.74, 6) is -0.595. The van der Waals surface area contributed by atoms with E-state index in [0.717, 1.165) is 6.42 Å². The van der Waals surface area contributed by atoms with E-state index in [1.807, 2.05) is 13.8 Å². The molecule has 1 heterocycles. The molecule has 2 N–H and O–H groups in total. The fourth-order valence-corrected chi connectivity index (χ4v) is 2.20. The van der Waals surface area contributed by atoms with Crippen molar-refractivity contribution in [2.45, 2.75) is 38.8 Å². The maximum absolute atomic E-state index is 12.0. The average molecular weight is 258 g/mol. The SMILES string of the molecule is COCC(C)NC(=O)N1CCC(C)CC1C(=O)O. The van der Waals surface area contributed by atoms with E-state index in [1.165, 1.54) is 4.90 Å². The first-order valence-electron chi connectivity index (χ1n) is 6.24. The highest BCUT2D eigenvalue weighted by molar-refractivity contribution is 5.83. The number of hydrogen-bond acceptors (Lipinski definition) is 3. The third-order valence-corrected chi connectivity index (χ3v) is 3.20. The van der Waals surface area contributed by atoms with Crippen LogP contribution in [0.2, 0.25) is 0 Å². The Balaban J connectivity index is 2.61. The largest absolute Gasteiger partial charge is 0.480 e. The Morgan fingerprint density at radius 3 is 2.78 bits per heavy atom. The number of nitrogens with one attached hydrogen (secondary N) is 1. The number of nitrogens with zero attached hydrogens (tertiary/aromatic N) is 1. The van der Waals surface area contributed by atoms with Gasteiger partial charge in [-0.25, -0.2) is 9.59 Å². The van der Waals surface area contributed by atoms with Crippen LogP contribution in [0.3, 0.4) is 0 Å². The molecule has 6 heteroatoms. The number of hydrogen-bond donors (Lipinski definition) is 2. The molecule has 0 aromatic rings. The van der Waals surface area contributed by atoms with E-state index >= 15 is 0 Å². The zero-order valence-electron chi connectivity index (χ0n) is 11.2. The Labute approximate surface area is 107 Å². The predicted octanol–water partition coefficient (Wildman–Crippen LogP) is 0.916. The summed E-state index contributed by atoms with van der Waals surface area (Å²) in [5, 5.41) is 11.9. The van der Waals surface area contributed by atoms with E-state index in [4.69, 9.17) is 9.84 Å². The van der Waals surface area contributed by atoms with Crippen LogP contribution < -0.4 is 5.32 Å². The smallest absolute Gasteiger partial charge is 0.326 e. The molecule has 3 unspecified atom stereocenters. The number of ether oxygens (including phenoxy) is 1. The molecule has 104 valence electrons. The zero-order chi connectivity index (χ0) is 13.7. The molecule has 1 rings (SSSR count). The number of carboxylic acid groups (broad SMARTS) is 1. The highest BCUT2D eigenvalue weighted by Crippen LogP contribution is 2.22. The molecule has 0 spiro atoms. The summed E-state index contributed by atoms with van der Waals surface area (Å²) in [6, 6.07) is -1.17. The van der Waals surface area contributed by atoms with Crippen molar-refractivity contribution in [1.29, 1.82) is 0 Å². The molecule has 0 aromatic carbocycles. The lowest BCUT2D eigenvalue weighted by Gasteiger charge is -2.36. The van der Waals surface area contributed by atoms with E-state index in [-0.39, 0.29) is 12.1 Å². The van der Waals surface area contributed by atoms with Crippen LogP contribution in [0, 0.1) is 5.92 Å². The molecular formula is C12H22N2O4. The molecule has 6 nitrogen and oxygen atoms in total. The van der Waals surface area contributed by atoms with Gasteiger partial charge in [-0.3, -0.25) is 0 Å².